The topological polar surface area (TPSA) is 80.4 Å². The Morgan fingerprint density at radius 1 is 1.19 bits per heavy atom. The first kappa shape index (κ1) is 18.5. The minimum atomic E-state index is -0.587. The summed E-state index contributed by atoms with van der Waals surface area (Å²) in [6, 6.07) is 12.8. The van der Waals surface area contributed by atoms with Gasteiger partial charge in [-0.1, -0.05) is 12.1 Å². The molecule has 7 nitrogen and oxygen atoms in total. The first-order valence-corrected chi connectivity index (χ1v) is 8.29. The highest BCUT2D eigenvalue weighted by molar-refractivity contribution is 5.93. The molecule has 0 saturated carbocycles. The molecule has 27 heavy (non-hydrogen) atoms. The zero-order chi connectivity index (χ0) is 19.4. The summed E-state index contributed by atoms with van der Waals surface area (Å²) in [6.07, 6.45) is 0. The Morgan fingerprint density at radius 3 is 2.48 bits per heavy atom. The lowest BCUT2D eigenvalue weighted by Crippen LogP contribution is -2.28. The molecule has 1 aromatic heterocycles. The molecular weight excluding hydrogens is 351 g/mol. The lowest BCUT2D eigenvalue weighted by Gasteiger charge is -2.15. The van der Waals surface area contributed by atoms with Crippen LogP contribution in [0.2, 0.25) is 0 Å². The molecule has 8 heteroatoms. The van der Waals surface area contributed by atoms with Crippen LogP contribution < -0.4 is 11.1 Å². The summed E-state index contributed by atoms with van der Waals surface area (Å²) in [7, 11) is 3.42. The molecule has 140 valence electrons. The molecule has 1 heterocycles. The van der Waals surface area contributed by atoms with E-state index in [9.17, 15) is 14.0 Å². The fourth-order valence-corrected chi connectivity index (χ4v) is 2.60. The van der Waals surface area contributed by atoms with Crippen molar-refractivity contribution in [2.45, 2.75) is 13.2 Å². The number of halogens is 1. The largest absolute Gasteiger partial charge is 0.438 e. The Labute approximate surface area is 155 Å². The van der Waals surface area contributed by atoms with Crippen molar-refractivity contribution in [2.24, 2.45) is 0 Å². The van der Waals surface area contributed by atoms with E-state index >= 15 is 0 Å². The molecule has 0 spiro atoms. The second kappa shape index (κ2) is 7.96. The number of rotatable bonds is 6. The summed E-state index contributed by atoms with van der Waals surface area (Å²) in [4.78, 5) is 25.5. The van der Waals surface area contributed by atoms with Gasteiger partial charge < -0.3 is 9.73 Å². The fourth-order valence-electron chi connectivity index (χ4n) is 2.60. The second-order valence-corrected chi connectivity index (χ2v) is 6.11. The van der Waals surface area contributed by atoms with Crippen LogP contribution in [0.3, 0.4) is 0 Å². The van der Waals surface area contributed by atoms with Crippen LogP contribution >= 0.6 is 0 Å². The number of carbonyl (C=O) groups is 1. The molecule has 2 aromatic carbocycles. The monoisotopic (exact) mass is 370 g/mol. The third-order valence-electron chi connectivity index (χ3n) is 3.97. The van der Waals surface area contributed by atoms with Crippen molar-refractivity contribution in [3.63, 3.8) is 0 Å². The maximum Gasteiger partial charge on any atom is 0.438 e. The van der Waals surface area contributed by atoms with Crippen molar-refractivity contribution in [1.82, 2.24) is 20.0 Å². The van der Waals surface area contributed by atoms with Crippen molar-refractivity contribution in [2.75, 3.05) is 14.1 Å². The molecule has 0 radical (unpaired) electrons. The lowest BCUT2D eigenvalue weighted by atomic mass is 10.1. The van der Waals surface area contributed by atoms with Gasteiger partial charge in [0, 0.05) is 24.7 Å². The van der Waals surface area contributed by atoms with E-state index in [2.05, 4.69) is 10.4 Å². The van der Waals surface area contributed by atoms with Gasteiger partial charge in [0.25, 0.3) is 5.91 Å². The number of nitrogens with zero attached hydrogens (tertiary/aromatic N) is 3. The van der Waals surface area contributed by atoms with Crippen molar-refractivity contribution in [3.8, 4) is 11.5 Å². The molecule has 0 aliphatic carbocycles. The number of carbonyl (C=O) groups excluding carboxylic acids is 1. The van der Waals surface area contributed by atoms with Crippen LogP contribution in [0.5, 0.6) is 0 Å². The molecule has 3 aromatic rings. The molecular formula is C19H19FN4O3. The van der Waals surface area contributed by atoms with Crippen LogP contribution in [0.1, 0.15) is 15.9 Å². The van der Waals surface area contributed by atoms with E-state index in [1.807, 2.05) is 24.1 Å². The molecule has 1 amide bonds. The van der Waals surface area contributed by atoms with Gasteiger partial charge in [0.15, 0.2) is 0 Å². The summed E-state index contributed by atoms with van der Waals surface area (Å²) >= 11 is 0. The number of nitrogens with one attached hydrogen (secondary N) is 1. The molecule has 0 aliphatic rings. The molecule has 0 aliphatic heterocycles. The number of hydrogen-bond donors (Lipinski definition) is 1. The van der Waals surface area contributed by atoms with Crippen LogP contribution in [0.25, 0.3) is 11.5 Å². The first-order chi connectivity index (χ1) is 13.0. The summed E-state index contributed by atoms with van der Waals surface area (Å²) in [5.41, 5.74) is 2.10. The summed E-state index contributed by atoms with van der Waals surface area (Å²) in [6.45, 7) is 0.778. The van der Waals surface area contributed by atoms with Gasteiger partial charge in [-0.25, -0.2) is 9.18 Å². The molecule has 0 unspecified atom stereocenters. The highest BCUT2D eigenvalue weighted by Crippen LogP contribution is 2.15. The van der Waals surface area contributed by atoms with E-state index in [1.165, 1.54) is 28.9 Å². The van der Waals surface area contributed by atoms with Crippen LogP contribution in [0.4, 0.5) is 4.39 Å². The second-order valence-electron chi connectivity index (χ2n) is 6.11. The average molecular weight is 370 g/mol. The van der Waals surface area contributed by atoms with Crippen LogP contribution in [-0.2, 0) is 13.2 Å². The SMILES string of the molecule is CNC(=O)c1ccc(CN(C)Cn2nc(-c3ccc(F)cc3)oc2=O)cc1. The van der Waals surface area contributed by atoms with Crippen LogP contribution in [0, 0.1) is 5.82 Å². The minimum Gasteiger partial charge on any atom is -0.388 e. The maximum atomic E-state index is 13.0. The van der Waals surface area contributed by atoms with Gasteiger partial charge in [0.1, 0.15) is 12.5 Å². The molecule has 1 N–H and O–H groups in total. The lowest BCUT2D eigenvalue weighted by molar-refractivity contribution is 0.0963. The highest BCUT2D eigenvalue weighted by atomic mass is 19.1. The van der Waals surface area contributed by atoms with Crippen molar-refractivity contribution < 1.29 is 13.6 Å². The smallest absolute Gasteiger partial charge is 0.388 e. The van der Waals surface area contributed by atoms with E-state index in [4.69, 9.17) is 4.42 Å². The Balaban J connectivity index is 1.67. The number of hydrogen-bond acceptors (Lipinski definition) is 5. The molecule has 3 rings (SSSR count). The van der Waals surface area contributed by atoms with Crippen molar-refractivity contribution in [1.29, 1.82) is 0 Å². The zero-order valence-electron chi connectivity index (χ0n) is 15.0. The maximum absolute atomic E-state index is 13.0. The molecule has 0 saturated heterocycles. The van der Waals surface area contributed by atoms with Gasteiger partial charge >= 0.3 is 5.76 Å². The number of amides is 1. The van der Waals surface area contributed by atoms with E-state index in [0.29, 0.717) is 17.7 Å². The molecule has 0 bridgehead atoms. The van der Waals surface area contributed by atoms with E-state index < -0.39 is 5.76 Å². The third-order valence-corrected chi connectivity index (χ3v) is 3.97. The van der Waals surface area contributed by atoms with E-state index in [1.54, 1.807) is 19.2 Å². The fraction of sp³-hybridized carbons (Fsp3) is 0.211. The Hall–Kier alpha value is -3.26. The van der Waals surface area contributed by atoms with Gasteiger partial charge in [-0.3, -0.25) is 9.69 Å². The van der Waals surface area contributed by atoms with E-state index in [0.717, 1.165) is 5.56 Å². The van der Waals surface area contributed by atoms with Gasteiger partial charge in [-0.05, 0) is 49.0 Å². The van der Waals surface area contributed by atoms with Gasteiger partial charge in [0.05, 0.1) is 0 Å². The van der Waals surface area contributed by atoms with Gasteiger partial charge in [-0.2, -0.15) is 4.68 Å². The normalized spacial score (nSPS) is 11.0. The predicted octanol–water partition coefficient (Wildman–Crippen LogP) is 2.09. The van der Waals surface area contributed by atoms with Crippen molar-refractivity contribution >= 4 is 5.91 Å². The molecule has 0 fully saturated rings. The first-order valence-electron chi connectivity index (χ1n) is 8.29. The zero-order valence-corrected chi connectivity index (χ0v) is 15.0. The Bertz CT molecular complexity index is 977. The van der Waals surface area contributed by atoms with Gasteiger partial charge in [-0.15, -0.1) is 5.10 Å². The van der Waals surface area contributed by atoms with Crippen LogP contribution in [-0.4, -0.2) is 34.7 Å². The molecule has 0 atom stereocenters. The van der Waals surface area contributed by atoms with Gasteiger partial charge in [0.2, 0.25) is 5.89 Å². The predicted molar refractivity (Wildman–Crippen MR) is 97.5 cm³/mol. The third kappa shape index (κ3) is 4.48. The minimum absolute atomic E-state index is 0.141. The Morgan fingerprint density at radius 2 is 1.85 bits per heavy atom. The quantitative estimate of drug-likeness (QED) is 0.719. The number of aromatic nitrogens is 2. The standard InChI is InChI=1S/C19H19FN4O3/c1-21-17(25)14-5-3-13(4-6-14)11-23(2)12-24-19(26)27-18(22-24)15-7-9-16(20)10-8-15/h3-10H,11-12H2,1-2H3,(H,21,25). The highest BCUT2D eigenvalue weighted by Gasteiger charge is 2.12. The summed E-state index contributed by atoms with van der Waals surface area (Å²) in [5.74, 6) is -0.959. The van der Waals surface area contributed by atoms with E-state index in [-0.39, 0.29) is 24.3 Å². The van der Waals surface area contributed by atoms with Crippen LogP contribution in [0.15, 0.2) is 57.7 Å². The summed E-state index contributed by atoms with van der Waals surface area (Å²) in [5, 5.41) is 6.73. The summed E-state index contributed by atoms with van der Waals surface area (Å²) < 4.78 is 19.4. The average Bonchev–Trinajstić information content (AvgIpc) is 3.02. The number of benzene rings is 2. The Kier molecular flexibility index (Phi) is 5.46. The van der Waals surface area contributed by atoms with Crippen molar-refractivity contribution in [3.05, 3.63) is 76.0 Å².